The van der Waals surface area contributed by atoms with Gasteiger partial charge in [-0.1, -0.05) is 35.9 Å². The van der Waals surface area contributed by atoms with E-state index in [0.717, 1.165) is 5.69 Å². The van der Waals surface area contributed by atoms with Crippen LogP contribution in [-0.4, -0.2) is 10.9 Å². The summed E-state index contributed by atoms with van der Waals surface area (Å²) < 4.78 is 0. The average molecular weight is 298 g/mol. The molecule has 0 aliphatic heterocycles. The van der Waals surface area contributed by atoms with Crippen LogP contribution in [0.2, 0.25) is 5.02 Å². The molecule has 2 rings (SSSR count). The molecule has 0 aliphatic rings. The van der Waals surface area contributed by atoms with E-state index in [2.05, 4.69) is 10.3 Å². The molecule has 1 amide bonds. The van der Waals surface area contributed by atoms with Gasteiger partial charge in [-0.2, -0.15) is 5.26 Å². The van der Waals surface area contributed by atoms with Crippen LogP contribution in [0.15, 0.2) is 48.0 Å². The zero-order valence-electron chi connectivity index (χ0n) is 11.3. The van der Waals surface area contributed by atoms with Gasteiger partial charge in [0, 0.05) is 10.7 Å². The quantitative estimate of drug-likeness (QED) is 0.695. The van der Waals surface area contributed by atoms with Crippen molar-refractivity contribution in [2.24, 2.45) is 0 Å². The lowest BCUT2D eigenvalue weighted by atomic mass is 10.1. The van der Waals surface area contributed by atoms with Gasteiger partial charge < -0.3 is 5.32 Å². The van der Waals surface area contributed by atoms with Crippen molar-refractivity contribution in [3.8, 4) is 6.07 Å². The van der Waals surface area contributed by atoms with Crippen LogP contribution < -0.4 is 5.32 Å². The third kappa shape index (κ3) is 3.91. The van der Waals surface area contributed by atoms with Crippen molar-refractivity contribution in [1.82, 2.24) is 4.98 Å². The maximum absolute atomic E-state index is 12.1. The van der Waals surface area contributed by atoms with Crippen LogP contribution in [0.25, 0.3) is 6.08 Å². The van der Waals surface area contributed by atoms with Crippen molar-refractivity contribution in [2.75, 3.05) is 5.32 Å². The van der Waals surface area contributed by atoms with Gasteiger partial charge in [-0.25, -0.2) is 4.98 Å². The highest BCUT2D eigenvalue weighted by Gasteiger charge is 2.11. The van der Waals surface area contributed by atoms with E-state index in [9.17, 15) is 4.79 Å². The molecule has 1 heterocycles. The van der Waals surface area contributed by atoms with E-state index >= 15 is 0 Å². The van der Waals surface area contributed by atoms with Gasteiger partial charge in [0.05, 0.1) is 0 Å². The molecule has 0 spiro atoms. The minimum atomic E-state index is -0.518. The summed E-state index contributed by atoms with van der Waals surface area (Å²) in [6, 6.07) is 14.1. The lowest BCUT2D eigenvalue weighted by Crippen LogP contribution is -2.14. The number of carbonyl (C=O) groups excluding carboxylic acids is 1. The number of amides is 1. The molecule has 2 aromatic rings. The second-order valence-electron chi connectivity index (χ2n) is 4.31. The molecular formula is C16H12ClN3O. The molecular weight excluding hydrogens is 286 g/mol. The number of carbonyl (C=O) groups is 1. The first-order valence-corrected chi connectivity index (χ1v) is 6.59. The van der Waals surface area contributed by atoms with Crippen molar-refractivity contribution in [3.63, 3.8) is 0 Å². The smallest absolute Gasteiger partial charge is 0.267 e. The number of benzene rings is 1. The van der Waals surface area contributed by atoms with Crippen LogP contribution >= 0.6 is 11.6 Å². The molecule has 0 saturated carbocycles. The second kappa shape index (κ2) is 6.69. The fraction of sp³-hybridized carbons (Fsp3) is 0.0625. The Balaban J connectivity index is 2.24. The maximum Gasteiger partial charge on any atom is 0.267 e. The summed E-state index contributed by atoms with van der Waals surface area (Å²) >= 11 is 6.01. The average Bonchev–Trinajstić information content (AvgIpc) is 2.46. The molecule has 1 aromatic heterocycles. The molecule has 0 atom stereocenters. The number of halogens is 1. The molecule has 104 valence electrons. The normalized spacial score (nSPS) is 10.8. The Kier molecular flexibility index (Phi) is 4.70. The van der Waals surface area contributed by atoms with E-state index in [1.807, 2.05) is 19.1 Å². The summed E-state index contributed by atoms with van der Waals surface area (Å²) in [6.07, 6.45) is 1.45. The Morgan fingerprint density at radius 2 is 2.05 bits per heavy atom. The summed E-state index contributed by atoms with van der Waals surface area (Å²) in [5.41, 5.74) is 1.36. The molecule has 0 saturated heterocycles. The first kappa shape index (κ1) is 14.8. The van der Waals surface area contributed by atoms with Gasteiger partial charge in [0.15, 0.2) is 0 Å². The minimum absolute atomic E-state index is 0.0357. The lowest BCUT2D eigenvalue weighted by molar-refractivity contribution is -0.112. The largest absolute Gasteiger partial charge is 0.306 e. The van der Waals surface area contributed by atoms with Gasteiger partial charge in [0.1, 0.15) is 17.5 Å². The Morgan fingerprint density at radius 1 is 1.29 bits per heavy atom. The fourth-order valence-corrected chi connectivity index (χ4v) is 1.88. The summed E-state index contributed by atoms with van der Waals surface area (Å²) in [4.78, 5) is 16.2. The molecule has 4 nitrogen and oxygen atoms in total. The van der Waals surface area contributed by atoms with Gasteiger partial charge in [-0.05, 0) is 36.8 Å². The fourth-order valence-electron chi connectivity index (χ4n) is 1.69. The van der Waals surface area contributed by atoms with Gasteiger partial charge in [0.25, 0.3) is 5.91 Å². The molecule has 0 fully saturated rings. The standard InChI is InChI=1S/C16H12ClN3O/c1-11-5-4-8-15(19-11)20-16(21)13(10-18)9-12-6-2-3-7-14(12)17/h2-9H,1H3,(H,19,20,21)/b13-9+. The Morgan fingerprint density at radius 3 is 2.71 bits per heavy atom. The number of rotatable bonds is 3. The van der Waals surface area contributed by atoms with E-state index in [1.54, 1.807) is 36.4 Å². The zero-order valence-corrected chi connectivity index (χ0v) is 12.1. The van der Waals surface area contributed by atoms with Crippen LogP contribution in [0.5, 0.6) is 0 Å². The number of nitriles is 1. The van der Waals surface area contributed by atoms with Crippen molar-refractivity contribution in [1.29, 1.82) is 5.26 Å². The van der Waals surface area contributed by atoms with Crippen molar-refractivity contribution >= 4 is 29.4 Å². The Bertz CT molecular complexity index is 747. The number of hydrogen-bond donors (Lipinski definition) is 1. The van der Waals surface area contributed by atoms with Gasteiger partial charge in [0.2, 0.25) is 0 Å². The third-order valence-corrected chi connectivity index (χ3v) is 3.04. The highest BCUT2D eigenvalue weighted by Crippen LogP contribution is 2.18. The predicted octanol–water partition coefficient (Wildman–Crippen LogP) is 3.59. The molecule has 0 aliphatic carbocycles. The maximum atomic E-state index is 12.1. The van der Waals surface area contributed by atoms with Crippen molar-refractivity contribution in [2.45, 2.75) is 6.92 Å². The SMILES string of the molecule is Cc1cccc(NC(=O)/C(C#N)=C/c2ccccc2Cl)n1. The number of hydrogen-bond acceptors (Lipinski definition) is 3. The molecule has 5 heteroatoms. The minimum Gasteiger partial charge on any atom is -0.306 e. The van der Waals surface area contributed by atoms with Gasteiger partial charge in [-0.15, -0.1) is 0 Å². The van der Waals surface area contributed by atoms with E-state index in [0.29, 0.717) is 16.4 Å². The van der Waals surface area contributed by atoms with Crippen LogP contribution in [0.3, 0.4) is 0 Å². The number of nitrogens with one attached hydrogen (secondary N) is 1. The number of anilines is 1. The first-order valence-electron chi connectivity index (χ1n) is 6.21. The number of aromatic nitrogens is 1. The molecule has 21 heavy (non-hydrogen) atoms. The number of aryl methyl sites for hydroxylation is 1. The summed E-state index contributed by atoms with van der Waals surface area (Å²) in [5.74, 6) is -0.115. The molecule has 0 unspecified atom stereocenters. The van der Waals surface area contributed by atoms with Crippen LogP contribution in [0.4, 0.5) is 5.82 Å². The molecule has 0 bridgehead atoms. The highest BCUT2D eigenvalue weighted by atomic mass is 35.5. The predicted molar refractivity (Wildman–Crippen MR) is 82.6 cm³/mol. The van der Waals surface area contributed by atoms with E-state index in [-0.39, 0.29) is 5.57 Å². The van der Waals surface area contributed by atoms with Crippen molar-refractivity contribution < 1.29 is 4.79 Å². The lowest BCUT2D eigenvalue weighted by Gasteiger charge is -2.04. The van der Waals surface area contributed by atoms with Crippen LogP contribution in [0.1, 0.15) is 11.3 Å². The van der Waals surface area contributed by atoms with Crippen molar-refractivity contribution in [3.05, 3.63) is 64.3 Å². The van der Waals surface area contributed by atoms with Gasteiger partial charge in [-0.3, -0.25) is 4.79 Å². The molecule has 0 radical (unpaired) electrons. The Labute approximate surface area is 127 Å². The topological polar surface area (TPSA) is 65.8 Å². The number of nitrogens with zero attached hydrogens (tertiary/aromatic N) is 2. The molecule has 1 N–H and O–H groups in total. The monoisotopic (exact) mass is 297 g/mol. The summed E-state index contributed by atoms with van der Waals surface area (Å²) in [6.45, 7) is 1.82. The summed E-state index contributed by atoms with van der Waals surface area (Å²) in [5, 5.41) is 12.2. The van der Waals surface area contributed by atoms with Crippen LogP contribution in [0, 0.1) is 18.3 Å². The second-order valence-corrected chi connectivity index (χ2v) is 4.72. The number of pyridine rings is 1. The third-order valence-electron chi connectivity index (χ3n) is 2.70. The van der Waals surface area contributed by atoms with E-state index in [1.165, 1.54) is 6.08 Å². The molecule has 1 aromatic carbocycles. The van der Waals surface area contributed by atoms with Crippen LogP contribution in [-0.2, 0) is 4.79 Å². The van der Waals surface area contributed by atoms with E-state index < -0.39 is 5.91 Å². The van der Waals surface area contributed by atoms with E-state index in [4.69, 9.17) is 16.9 Å². The zero-order chi connectivity index (χ0) is 15.2. The van der Waals surface area contributed by atoms with Gasteiger partial charge >= 0.3 is 0 Å². The summed E-state index contributed by atoms with van der Waals surface area (Å²) in [7, 11) is 0. The highest BCUT2D eigenvalue weighted by molar-refractivity contribution is 6.32. The first-order chi connectivity index (χ1) is 10.1. The Hall–Kier alpha value is -2.64.